The van der Waals surface area contributed by atoms with E-state index < -0.39 is 23.9 Å². The highest BCUT2D eigenvalue weighted by Gasteiger charge is 2.25. The Morgan fingerprint density at radius 1 is 1.38 bits per heavy atom. The van der Waals surface area contributed by atoms with Crippen molar-refractivity contribution in [3.8, 4) is 0 Å². The van der Waals surface area contributed by atoms with E-state index in [0.29, 0.717) is 5.02 Å². The summed E-state index contributed by atoms with van der Waals surface area (Å²) in [5.41, 5.74) is 5.64. The van der Waals surface area contributed by atoms with Gasteiger partial charge in [-0.2, -0.15) is 0 Å². The Morgan fingerprint density at radius 2 is 2.05 bits per heavy atom. The van der Waals surface area contributed by atoms with Gasteiger partial charge < -0.3 is 20.5 Å². The molecule has 0 aliphatic heterocycles. The van der Waals surface area contributed by atoms with Crippen LogP contribution >= 0.6 is 11.6 Å². The molecule has 0 spiro atoms. The highest BCUT2D eigenvalue weighted by Crippen LogP contribution is 2.21. The van der Waals surface area contributed by atoms with Gasteiger partial charge in [-0.15, -0.1) is 0 Å². The SMILES string of the molecule is CCOC(=O)C(N)C(=O)Nc1ccc(Cl)cc1C(=O)OC. The number of benzene rings is 1. The van der Waals surface area contributed by atoms with Crippen LogP contribution in [0.5, 0.6) is 0 Å². The van der Waals surface area contributed by atoms with Gasteiger partial charge in [0.15, 0.2) is 6.04 Å². The van der Waals surface area contributed by atoms with E-state index in [-0.39, 0.29) is 17.9 Å². The molecule has 1 aromatic carbocycles. The number of carbonyl (C=O) groups is 3. The van der Waals surface area contributed by atoms with Crippen LogP contribution in [0, 0.1) is 0 Å². The Kier molecular flexibility index (Phi) is 6.13. The Balaban J connectivity index is 2.95. The fourth-order valence-electron chi connectivity index (χ4n) is 1.45. The summed E-state index contributed by atoms with van der Waals surface area (Å²) in [7, 11) is 1.19. The molecule has 0 saturated heterocycles. The number of nitrogens with two attached hydrogens (primary N) is 1. The van der Waals surface area contributed by atoms with Crippen LogP contribution in [0.25, 0.3) is 0 Å². The standard InChI is InChI=1S/C13H15ClN2O5/c1-3-21-13(19)10(15)11(17)16-9-5-4-7(14)6-8(9)12(18)20-2/h4-6,10H,3,15H2,1-2H3,(H,16,17). The number of carbonyl (C=O) groups excluding carboxylic acids is 3. The van der Waals surface area contributed by atoms with Crippen LogP contribution in [-0.2, 0) is 19.1 Å². The third-order valence-electron chi connectivity index (χ3n) is 2.47. The minimum Gasteiger partial charge on any atom is -0.465 e. The van der Waals surface area contributed by atoms with Gasteiger partial charge in [0.25, 0.3) is 5.91 Å². The second-order valence-corrected chi connectivity index (χ2v) is 4.34. The largest absolute Gasteiger partial charge is 0.465 e. The molecule has 8 heteroatoms. The molecule has 0 radical (unpaired) electrons. The molecular formula is C13H15ClN2O5. The van der Waals surface area contributed by atoms with Gasteiger partial charge in [-0.25, -0.2) is 9.59 Å². The molecule has 1 aromatic rings. The maximum atomic E-state index is 11.9. The van der Waals surface area contributed by atoms with Gasteiger partial charge in [-0.3, -0.25) is 4.79 Å². The zero-order chi connectivity index (χ0) is 16.0. The van der Waals surface area contributed by atoms with Gasteiger partial charge in [-0.05, 0) is 25.1 Å². The number of hydrogen-bond donors (Lipinski definition) is 2. The van der Waals surface area contributed by atoms with Crippen molar-refractivity contribution in [1.82, 2.24) is 0 Å². The maximum absolute atomic E-state index is 11.9. The lowest BCUT2D eigenvalue weighted by molar-refractivity contribution is -0.146. The van der Waals surface area contributed by atoms with E-state index in [1.807, 2.05) is 0 Å². The van der Waals surface area contributed by atoms with Crippen molar-refractivity contribution >= 4 is 35.1 Å². The van der Waals surface area contributed by atoms with Gasteiger partial charge >= 0.3 is 11.9 Å². The van der Waals surface area contributed by atoms with Crippen LogP contribution in [0.15, 0.2) is 18.2 Å². The number of hydrogen-bond acceptors (Lipinski definition) is 6. The Morgan fingerprint density at radius 3 is 2.62 bits per heavy atom. The molecular weight excluding hydrogens is 300 g/mol. The average Bonchev–Trinajstić information content (AvgIpc) is 2.47. The van der Waals surface area contributed by atoms with Gasteiger partial charge in [0.05, 0.1) is 25.0 Å². The number of methoxy groups -OCH3 is 1. The first kappa shape index (κ1) is 16.9. The van der Waals surface area contributed by atoms with Crippen LogP contribution in [0.4, 0.5) is 5.69 Å². The summed E-state index contributed by atoms with van der Waals surface area (Å²) in [5, 5.41) is 2.66. The number of rotatable bonds is 5. The molecule has 0 aliphatic rings. The Hall–Kier alpha value is -2.12. The van der Waals surface area contributed by atoms with E-state index in [0.717, 1.165) is 0 Å². The van der Waals surface area contributed by atoms with E-state index in [1.165, 1.54) is 25.3 Å². The van der Waals surface area contributed by atoms with E-state index in [1.54, 1.807) is 6.92 Å². The normalized spacial score (nSPS) is 11.4. The minimum atomic E-state index is -1.49. The minimum absolute atomic E-state index is 0.0504. The molecule has 0 bridgehead atoms. The summed E-state index contributed by atoms with van der Waals surface area (Å²) >= 11 is 5.79. The molecule has 1 rings (SSSR count). The summed E-state index contributed by atoms with van der Waals surface area (Å²) in [4.78, 5) is 34.9. The van der Waals surface area contributed by atoms with E-state index in [2.05, 4.69) is 14.8 Å². The van der Waals surface area contributed by atoms with E-state index in [9.17, 15) is 14.4 Å². The van der Waals surface area contributed by atoms with Crippen molar-refractivity contribution in [3.05, 3.63) is 28.8 Å². The van der Waals surface area contributed by atoms with Crippen molar-refractivity contribution in [3.63, 3.8) is 0 Å². The first-order valence-electron chi connectivity index (χ1n) is 6.01. The highest BCUT2D eigenvalue weighted by molar-refractivity contribution is 6.31. The van der Waals surface area contributed by atoms with Crippen molar-refractivity contribution in [1.29, 1.82) is 0 Å². The zero-order valence-corrected chi connectivity index (χ0v) is 12.3. The fraction of sp³-hybridized carbons (Fsp3) is 0.308. The Labute approximate surface area is 126 Å². The summed E-state index contributed by atoms with van der Waals surface area (Å²) in [6.07, 6.45) is 0. The van der Waals surface area contributed by atoms with Crippen LogP contribution < -0.4 is 11.1 Å². The molecule has 1 amide bonds. The summed E-state index contributed by atoms with van der Waals surface area (Å²) < 4.78 is 9.23. The molecule has 0 fully saturated rings. The molecule has 1 unspecified atom stereocenters. The predicted molar refractivity (Wildman–Crippen MR) is 76.0 cm³/mol. The quantitative estimate of drug-likeness (QED) is 0.619. The molecule has 0 heterocycles. The van der Waals surface area contributed by atoms with Crippen molar-refractivity contribution in [2.45, 2.75) is 13.0 Å². The number of halogens is 1. The molecule has 21 heavy (non-hydrogen) atoms. The number of ether oxygens (including phenoxy) is 2. The monoisotopic (exact) mass is 314 g/mol. The predicted octanol–water partition coefficient (Wildman–Crippen LogP) is 0.956. The average molecular weight is 315 g/mol. The second kappa shape index (κ2) is 7.61. The zero-order valence-electron chi connectivity index (χ0n) is 11.5. The first-order valence-corrected chi connectivity index (χ1v) is 6.39. The third-order valence-corrected chi connectivity index (χ3v) is 2.70. The fourth-order valence-corrected chi connectivity index (χ4v) is 1.63. The Bertz CT molecular complexity index is 561. The van der Waals surface area contributed by atoms with E-state index >= 15 is 0 Å². The third kappa shape index (κ3) is 4.44. The summed E-state index contributed by atoms with van der Waals surface area (Å²) in [6.45, 7) is 1.70. The molecule has 0 aliphatic carbocycles. The lowest BCUT2D eigenvalue weighted by Crippen LogP contribution is -2.43. The van der Waals surface area contributed by atoms with Crippen LogP contribution in [0.2, 0.25) is 5.02 Å². The van der Waals surface area contributed by atoms with Crippen LogP contribution in [-0.4, -0.2) is 37.6 Å². The topological polar surface area (TPSA) is 108 Å². The molecule has 114 valence electrons. The molecule has 0 saturated carbocycles. The van der Waals surface area contributed by atoms with Gasteiger partial charge in [0, 0.05) is 5.02 Å². The number of nitrogens with one attached hydrogen (secondary N) is 1. The summed E-state index contributed by atoms with van der Waals surface area (Å²) in [6, 6.07) is 2.72. The van der Waals surface area contributed by atoms with Gasteiger partial charge in [-0.1, -0.05) is 11.6 Å². The number of esters is 2. The van der Waals surface area contributed by atoms with Gasteiger partial charge in [0.1, 0.15) is 0 Å². The highest BCUT2D eigenvalue weighted by atomic mass is 35.5. The molecule has 0 aromatic heterocycles. The smallest absolute Gasteiger partial charge is 0.340 e. The molecule has 1 atom stereocenters. The molecule has 3 N–H and O–H groups in total. The maximum Gasteiger partial charge on any atom is 0.340 e. The lowest BCUT2D eigenvalue weighted by atomic mass is 10.1. The summed E-state index contributed by atoms with van der Waals surface area (Å²) in [5.74, 6) is -2.35. The van der Waals surface area contributed by atoms with Gasteiger partial charge in [0.2, 0.25) is 0 Å². The van der Waals surface area contributed by atoms with Crippen molar-refractivity contribution in [2.75, 3.05) is 19.0 Å². The van der Waals surface area contributed by atoms with Crippen molar-refractivity contribution < 1.29 is 23.9 Å². The van der Waals surface area contributed by atoms with Crippen LogP contribution in [0.1, 0.15) is 17.3 Å². The van der Waals surface area contributed by atoms with Crippen molar-refractivity contribution in [2.24, 2.45) is 5.73 Å². The van der Waals surface area contributed by atoms with Crippen LogP contribution in [0.3, 0.4) is 0 Å². The number of amides is 1. The second-order valence-electron chi connectivity index (χ2n) is 3.90. The molecule has 7 nitrogen and oxygen atoms in total. The van der Waals surface area contributed by atoms with E-state index in [4.69, 9.17) is 17.3 Å². The number of anilines is 1. The first-order chi connectivity index (χ1) is 9.90. The lowest BCUT2D eigenvalue weighted by Gasteiger charge is -2.13.